The molecule has 4 fully saturated rings. The van der Waals surface area contributed by atoms with Gasteiger partial charge in [-0.05, 0) is 88.0 Å². The van der Waals surface area contributed by atoms with Gasteiger partial charge in [-0.2, -0.15) is 0 Å². The average Bonchev–Trinajstić information content (AvgIpc) is 3.84. The average molecular weight is 791 g/mol. The lowest BCUT2D eigenvalue weighted by Crippen LogP contribution is -2.58. The van der Waals surface area contributed by atoms with Crippen LogP contribution in [0.4, 0.5) is 16.3 Å². The molecule has 1 spiro atoms. The van der Waals surface area contributed by atoms with Crippen LogP contribution in [-0.4, -0.2) is 136 Å². The third-order valence-corrected chi connectivity index (χ3v) is 11.4. The molecule has 3 amide bonds. The molecule has 15 nitrogen and oxygen atoms in total. The summed E-state index contributed by atoms with van der Waals surface area (Å²) in [5.41, 5.74) is 4.76. The number of hydrogen-bond acceptors (Lipinski definition) is 11. The largest absolute Gasteiger partial charge is 0.444 e. The molecule has 8 rings (SSSR count). The van der Waals surface area contributed by atoms with Crippen molar-refractivity contribution in [3.63, 3.8) is 0 Å². The Hall–Kier alpha value is -5.38. The first-order chi connectivity index (χ1) is 27.9. The Labute approximate surface area is 339 Å². The fraction of sp³-hybridized carbons (Fsp3) is 0.488. The molecule has 4 aromatic rings. The summed E-state index contributed by atoms with van der Waals surface area (Å²) in [6, 6.07) is 13.5. The number of rotatable bonds is 10. The Morgan fingerprint density at radius 1 is 0.983 bits per heavy atom. The van der Waals surface area contributed by atoms with Crippen LogP contribution in [0.1, 0.15) is 56.1 Å². The maximum absolute atomic E-state index is 13.3. The summed E-state index contributed by atoms with van der Waals surface area (Å²) in [6.45, 7) is 18.5. The van der Waals surface area contributed by atoms with Crippen LogP contribution in [0.3, 0.4) is 0 Å². The highest BCUT2D eigenvalue weighted by atomic mass is 16.6. The maximum atomic E-state index is 13.3. The third kappa shape index (κ3) is 9.16. The van der Waals surface area contributed by atoms with E-state index in [1.54, 1.807) is 12.5 Å². The zero-order chi connectivity index (χ0) is 40.4. The lowest BCUT2D eigenvalue weighted by atomic mass is 9.79. The summed E-state index contributed by atoms with van der Waals surface area (Å²) >= 11 is 0. The maximum Gasteiger partial charge on any atom is 0.410 e. The number of H-pyrrole nitrogens is 1. The molecule has 1 atom stereocenters. The molecule has 0 unspecified atom stereocenters. The van der Waals surface area contributed by atoms with Crippen LogP contribution in [-0.2, 0) is 20.8 Å². The lowest BCUT2D eigenvalue weighted by molar-refractivity contribution is -0.119. The van der Waals surface area contributed by atoms with Crippen LogP contribution in [0.2, 0.25) is 0 Å². The highest BCUT2D eigenvalue weighted by Crippen LogP contribution is 2.40. The second-order valence-corrected chi connectivity index (χ2v) is 17.3. The number of fused-ring (bicyclic) bond motifs is 1. The summed E-state index contributed by atoms with van der Waals surface area (Å²) < 4.78 is 11.1. The molecule has 3 N–H and O–H groups in total. The van der Waals surface area contributed by atoms with Crippen LogP contribution in [0.15, 0.2) is 67.1 Å². The zero-order valence-corrected chi connectivity index (χ0v) is 33.8. The van der Waals surface area contributed by atoms with Crippen molar-refractivity contribution in [2.45, 2.75) is 58.2 Å². The summed E-state index contributed by atoms with van der Waals surface area (Å²) in [7, 11) is 0. The van der Waals surface area contributed by atoms with Crippen molar-refractivity contribution in [1.29, 1.82) is 0 Å². The number of ether oxygens (including phenoxy) is 2. The van der Waals surface area contributed by atoms with Gasteiger partial charge < -0.3 is 34.9 Å². The number of anilines is 2. The Kier molecular flexibility index (Phi) is 11.2. The quantitative estimate of drug-likeness (QED) is 0.191. The summed E-state index contributed by atoms with van der Waals surface area (Å²) in [5, 5.41) is 7.17. The number of benzene rings is 1. The minimum absolute atomic E-state index is 0.00893. The van der Waals surface area contributed by atoms with E-state index in [1.807, 2.05) is 62.1 Å². The van der Waals surface area contributed by atoms with Crippen LogP contribution in [0, 0.1) is 5.41 Å². The Morgan fingerprint density at radius 3 is 2.55 bits per heavy atom. The number of pyridine rings is 1. The molecule has 4 aliphatic heterocycles. The van der Waals surface area contributed by atoms with E-state index < -0.39 is 5.60 Å². The van der Waals surface area contributed by atoms with E-state index in [2.05, 4.69) is 57.9 Å². The molecule has 1 aromatic carbocycles. The molecule has 0 bridgehead atoms. The van der Waals surface area contributed by atoms with E-state index in [4.69, 9.17) is 9.47 Å². The standard InChI is InChI=1S/C43H54N10O5/c1-29(22-51-25-43(26-51)12-15-53(27-43)41(56)58-42(2,3)4)39(54)48-33-6-5-14-50(24-33)23-30-11-13-44-36(20-30)40(55)47-32-9-7-31(8-10-32)35-21-34-37(49-35)45-28-46-38(34)52-16-18-57-19-17-52/h7-11,13,20-21,28,33H,1,5-6,12,14-19,22-27H2,2-4H3,(H,47,55)(H,48,54)(H,45,46,49)/t33-/m1/s1. The topological polar surface area (TPSA) is 161 Å². The highest BCUT2D eigenvalue weighted by molar-refractivity contribution is 6.03. The van der Waals surface area contributed by atoms with Crippen molar-refractivity contribution >= 4 is 40.4 Å². The first-order valence-corrected chi connectivity index (χ1v) is 20.3. The van der Waals surface area contributed by atoms with Crippen molar-refractivity contribution in [2.75, 3.05) is 82.3 Å². The number of carbonyl (C=O) groups is 3. The molecule has 0 aliphatic carbocycles. The number of amides is 3. The Morgan fingerprint density at radius 2 is 1.78 bits per heavy atom. The van der Waals surface area contributed by atoms with Crippen LogP contribution >= 0.6 is 0 Å². The normalized spacial score (nSPS) is 19.9. The minimum Gasteiger partial charge on any atom is -0.444 e. The fourth-order valence-corrected chi connectivity index (χ4v) is 8.63. The number of hydrogen-bond donors (Lipinski definition) is 3. The SMILES string of the molecule is C=C(CN1CC2(CCN(C(=O)OC(C)(C)C)C2)C1)C(=O)N[C@@H]1CCCN(Cc2ccnc(C(=O)Nc3ccc(-c4cc5c(N6CCOCC6)ncnc5[nH]4)cc3)c2)C1. The van der Waals surface area contributed by atoms with Gasteiger partial charge in [0.15, 0.2) is 0 Å². The molecule has 4 saturated heterocycles. The molecule has 15 heteroatoms. The second-order valence-electron chi connectivity index (χ2n) is 17.3. The molecule has 0 saturated carbocycles. The molecule has 7 heterocycles. The summed E-state index contributed by atoms with van der Waals surface area (Å²) in [5.74, 6) is 0.504. The molecular formula is C43H54N10O5. The lowest BCUT2D eigenvalue weighted by Gasteiger charge is -2.48. The van der Waals surface area contributed by atoms with Crippen molar-refractivity contribution in [2.24, 2.45) is 5.41 Å². The smallest absolute Gasteiger partial charge is 0.410 e. The molecule has 306 valence electrons. The summed E-state index contributed by atoms with van der Waals surface area (Å²) in [4.78, 5) is 64.4. The monoisotopic (exact) mass is 790 g/mol. The van der Waals surface area contributed by atoms with Gasteiger partial charge in [0.25, 0.3) is 5.91 Å². The van der Waals surface area contributed by atoms with Gasteiger partial charge >= 0.3 is 6.09 Å². The molecule has 3 aromatic heterocycles. The van der Waals surface area contributed by atoms with E-state index in [9.17, 15) is 14.4 Å². The molecule has 0 radical (unpaired) electrons. The number of likely N-dealkylation sites (tertiary alicyclic amines) is 3. The third-order valence-electron chi connectivity index (χ3n) is 11.4. The van der Waals surface area contributed by atoms with Crippen molar-refractivity contribution in [3.05, 3.63) is 78.4 Å². The summed E-state index contributed by atoms with van der Waals surface area (Å²) in [6.07, 6.45) is 5.80. The number of carbonyl (C=O) groups excluding carboxylic acids is 3. The number of nitrogens with zero attached hydrogens (tertiary/aromatic N) is 7. The van der Waals surface area contributed by atoms with E-state index >= 15 is 0 Å². The predicted octanol–water partition coefficient (Wildman–Crippen LogP) is 4.69. The second kappa shape index (κ2) is 16.5. The van der Waals surface area contributed by atoms with Gasteiger partial charge in [-0.1, -0.05) is 18.7 Å². The van der Waals surface area contributed by atoms with E-state index in [0.29, 0.717) is 62.9 Å². The van der Waals surface area contributed by atoms with Crippen molar-refractivity contribution in [3.8, 4) is 11.3 Å². The highest BCUT2D eigenvalue weighted by Gasteiger charge is 2.49. The zero-order valence-electron chi connectivity index (χ0n) is 33.8. The number of aromatic nitrogens is 4. The van der Waals surface area contributed by atoms with Gasteiger partial charge in [-0.25, -0.2) is 14.8 Å². The molecule has 58 heavy (non-hydrogen) atoms. The van der Waals surface area contributed by atoms with Crippen LogP contribution in [0.5, 0.6) is 0 Å². The fourth-order valence-electron chi connectivity index (χ4n) is 8.63. The van der Waals surface area contributed by atoms with Gasteiger partial charge in [0.05, 0.1) is 18.6 Å². The molecular weight excluding hydrogens is 737 g/mol. The number of morpholine rings is 1. The van der Waals surface area contributed by atoms with Gasteiger partial charge in [0.1, 0.15) is 29.1 Å². The number of piperidine rings is 1. The van der Waals surface area contributed by atoms with E-state index in [0.717, 1.165) is 85.7 Å². The van der Waals surface area contributed by atoms with Gasteiger partial charge in [-0.3, -0.25) is 24.4 Å². The van der Waals surface area contributed by atoms with Crippen molar-refractivity contribution in [1.82, 2.24) is 40.0 Å². The molecule has 4 aliphatic rings. The van der Waals surface area contributed by atoms with Crippen molar-refractivity contribution < 1.29 is 23.9 Å². The Bertz CT molecular complexity index is 2150. The first kappa shape index (κ1) is 39.4. The van der Waals surface area contributed by atoms with E-state index in [1.165, 1.54) is 0 Å². The number of nitrogens with one attached hydrogen (secondary N) is 3. The Balaban J connectivity index is 0.796. The minimum atomic E-state index is -0.511. The first-order valence-electron chi connectivity index (χ1n) is 20.3. The number of aromatic amines is 1. The van der Waals surface area contributed by atoms with E-state index in [-0.39, 0.29) is 29.4 Å². The van der Waals surface area contributed by atoms with Crippen LogP contribution in [0.25, 0.3) is 22.3 Å². The van der Waals surface area contributed by atoms with Crippen LogP contribution < -0.4 is 15.5 Å². The van der Waals surface area contributed by atoms with Gasteiger partial charge in [-0.15, -0.1) is 0 Å². The van der Waals surface area contributed by atoms with Gasteiger partial charge in [0.2, 0.25) is 5.91 Å². The predicted molar refractivity (Wildman–Crippen MR) is 221 cm³/mol. The van der Waals surface area contributed by atoms with Gasteiger partial charge in [0, 0.05) is 93.5 Å².